The minimum Gasteiger partial charge on any atom is -0.371 e. The molecule has 0 atom stereocenters. The second kappa shape index (κ2) is 11.3. The van der Waals surface area contributed by atoms with Crippen LogP contribution in [-0.4, -0.2) is 62.1 Å². The van der Waals surface area contributed by atoms with Crippen molar-refractivity contribution in [3.8, 4) is 0 Å². The van der Waals surface area contributed by atoms with E-state index in [9.17, 15) is 4.79 Å². The first-order chi connectivity index (χ1) is 18.7. The summed E-state index contributed by atoms with van der Waals surface area (Å²) in [6, 6.07) is 14.9. The van der Waals surface area contributed by atoms with Crippen LogP contribution < -0.4 is 10.5 Å². The van der Waals surface area contributed by atoms with E-state index in [0.29, 0.717) is 6.04 Å². The van der Waals surface area contributed by atoms with E-state index >= 15 is 0 Å². The summed E-state index contributed by atoms with van der Waals surface area (Å²) in [5, 5.41) is 0. The molecule has 5 rings (SSSR count). The summed E-state index contributed by atoms with van der Waals surface area (Å²) in [7, 11) is 1.81. The summed E-state index contributed by atoms with van der Waals surface area (Å²) in [5.74, 6) is 0. The molecule has 0 unspecified atom stereocenters. The predicted octanol–water partition coefficient (Wildman–Crippen LogP) is 4.79. The van der Waals surface area contributed by atoms with Gasteiger partial charge in [0.1, 0.15) is 6.33 Å². The van der Waals surface area contributed by atoms with Gasteiger partial charge in [-0.3, -0.25) is 9.69 Å². The van der Waals surface area contributed by atoms with E-state index in [1.54, 1.807) is 17.0 Å². The molecule has 0 N–H and O–H groups in total. The fourth-order valence-electron chi connectivity index (χ4n) is 6.39. The van der Waals surface area contributed by atoms with E-state index in [2.05, 4.69) is 74.6 Å². The maximum Gasteiger partial charge on any atom is 0.252 e. The molecular weight excluding hydrogens is 484 g/mol. The third kappa shape index (κ3) is 5.78. The highest BCUT2D eigenvalue weighted by Crippen LogP contribution is 2.36. The number of hydrogen-bond donors (Lipinski definition) is 0. The second-order valence-corrected chi connectivity index (χ2v) is 11.5. The predicted molar refractivity (Wildman–Crippen MR) is 159 cm³/mol. The van der Waals surface area contributed by atoms with Gasteiger partial charge in [-0.2, -0.15) is 0 Å². The summed E-state index contributed by atoms with van der Waals surface area (Å²) in [6.45, 7) is 15.9. The van der Waals surface area contributed by atoms with Gasteiger partial charge >= 0.3 is 0 Å². The quantitative estimate of drug-likeness (QED) is 0.441. The lowest BCUT2D eigenvalue weighted by atomic mass is 9.85. The molecule has 2 aromatic heterocycles. The molecule has 2 fully saturated rings. The number of benzene rings is 1. The van der Waals surface area contributed by atoms with Gasteiger partial charge in [-0.15, -0.1) is 0 Å². The topological polar surface area (TPSA) is 57.5 Å². The van der Waals surface area contributed by atoms with E-state index in [1.807, 2.05) is 27.1 Å². The van der Waals surface area contributed by atoms with Crippen molar-refractivity contribution in [3.63, 3.8) is 0 Å². The summed E-state index contributed by atoms with van der Waals surface area (Å²) in [6.07, 6.45) is 7.94. The molecule has 0 aliphatic carbocycles. The number of aryl methyl sites for hydroxylation is 3. The van der Waals surface area contributed by atoms with Crippen LogP contribution in [0.2, 0.25) is 0 Å². The van der Waals surface area contributed by atoms with E-state index < -0.39 is 0 Å². The Morgan fingerprint density at radius 1 is 1.03 bits per heavy atom. The highest BCUT2D eigenvalue weighted by Gasteiger charge is 2.39. The molecule has 0 amide bonds. The molecule has 7 heteroatoms. The molecule has 7 nitrogen and oxygen atoms in total. The molecule has 4 heterocycles. The first-order valence-electron chi connectivity index (χ1n) is 14.2. The lowest BCUT2D eigenvalue weighted by Crippen LogP contribution is -2.57. The summed E-state index contributed by atoms with van der Waals surface area (Å²) >= 11 is 0. The van der Waals surface area contributed by atoms with Crippen molar-refractivity contribution in [2.75, 3.05) is 31.1 Å². The van der Waals surface area contributed by atoms with Crippen LogP contribution >= 0.6 is 0 Å². The van der Waals surface area contributed by atoms with Gasteiger partial charge in [0.05, 0.1) is 11.4 Å². The Hall–Kier alpha value is -3.45. The van der Waals surface area contributed by atoms with Crippen LogP contribution in [0.15, 0.2) is 66.4 Å². The molecule has 0 spiro atoms. The van der Waals surface area contributed by atoms with Crippen LogP contribution in [0.4, 0.5) is 5.69 Å². The van der Waals surface area contributed by atoms with Crippen molar-refractivity contribution in [1.29, 1.82) is 0 Å². The van der Waals surface area contributed by atoms with Crippen molar-refractivity contribution in [2.24, 2.45) is 7.05 Å². The molecule has 0 bridgehead atoms. The number of pyridine rings is 1. The van der Waals surface area contributed by atoms with Crippen molar-refractivity contribution < 1.29 is 0 Å². The first kappa shape index (κ1) is 27.1. The number of nitrogens with zero attached hydrogens (tertiary/aromatic N) is 6. The maximum absolute atomic E-state index is 12.5. The van der Waals surface area contributed by atoms with Crippen molar-refractivity contribution in [3.05, 3.63) is 94.4 Å². The van der Waals surface area contributed by atoms with Gasteiger partial charge in [-0.1, -0.05) is 36.9 Å². The molecule has 0 saturated carbocycles. The van der Waals surface area contributed by atoms with Crippen LogP contribution in [0, 0.1) is 13.8 Å². The van der Waals surface area contributed by atoms with Crippen LogP contribution in [0.25, 0.3) is 5.70 Å². The largest absolute Gasteiger partial charge is 0.371 e. The number of hydrogen-bond acceptors (Lipinski definition) is 6. The summed E-state index contributed by atoms with van der Waals surface area (Å²) in [4.78, 5) is 28.9. The average Bonchev–Trinajstić information content (AvgIpc) is 2.94. The van der Waals surface area contributed by atoms with Gasteiger partial charge in [-0.05, 0) is 58.1 Å². The molecular formula is C32H42N6O. The van der Waals surface area contributed by atoms with Crippen LogP contribution in [0.3, 0.4) is 0 Å². The van der Waals surface area contributed by atoms with Gasteiger partial charge in [-0.25, -0.2) is 9.97 Å². The monoisotopic (exact) mass is 526 g/mol. The van der Waals surface area contributed by atoms with E-state index in [-0.39, 0.29) is 11.1 Å². The fraction of sp³-hybridized carbons (Fsp3) is 0.469. The SMILES string of the molecule is C=C(c1c(C)ncnc1C)N1CCC(C)(N2CCC(N(Cc3ccccc3)c3ccn(C)c(=O)c3)CC2)CC1. The van der Waals surface area contributed by atoms with E-state index in [0.717, 1.165) is 86.7 Å². The molecule has 2 aliphatic rings. The van der Waals surface area contributed by atoms with Gasteiger partial charge < -0.3 is 14.4 Å². The smallest absolute Gasteiger partial charge is 0.252 e. The Bertz CT molecular complexity index is 1330. The van der Waals surface area contributed by atoms with Gasteiger partial charge in [0.25, 0.3) is 5.56 Å². The zero-order chi connectivity index (χ0) is 27.6. The number of aromatic nitrogens is 3. The van der Waals surface area contributed by atoms with Gasteiger partial charge in [0.2, 0.25) is 0 Å². The first-order valence-corrected chi connectivity index (χ1v) is 14.2. The number of likely N-dealkylation sites (tertiary alicyclic amines) is 2. The average molecular weight is 527 g/mol. The van der Waals surface area contributed by atoms with Gasteiger partial charge in [0.15, 0.2) is 0 Å². The van der Waals surface area contributed by atoms with Crippen LogP contribution in [0.1, 0.15) is 55.1 Å². The zero-order valence-corrected chi connectivity index (χ0v) is 23.9. The van der Waals surface area contributed by atoms with Crippen LogP contribution in [0.5, 0.6) is 0 Å². The highest BCUT2D eigenvalue weighted by molar-refractivity contribution is 5.65. The lowest BCUT2D eigenvalue weighted by molar-refractivity contribution is 0.0298. The molecule has 206 valence electrons. The normalized spacial score (nSPS) is 18.2. The third-order valence-electron chi connectivity index (χ3n) is 9.02. The lowest BCUT2D eigenvalue weighted by Gasteiger charge is -2.51. The minimum atomic E-state index is 0.0382. The fourth-order valence-corrected chi connectivity index (χ4v) is 6.39. The third-order valence-corrected chi connectivity index (χ3v) is 9.02. The molecule has 2 saturated heterocycles. The molecule has 0 radical (unpaired) electrons. The zero-order valence-electron chi connectivity index (χ0n) is 23.9. The Morgan fingerprint density at radius 3 is 2.28 bits per heavy atom. The number of piperidine rings is 2. The Labute approximate surface area is 232 Å². The van der Waals surface area contributed by atoms with Crippen LogP contribution in [-0.2, 0) is 13.6 Å². The minimum absolute atomic E-state index is 0.0382. The van der Waals surface area contributed by atoms with E-state index in [4.69, 9.17) is 0 Å². The molecule has 2 aliphatic heterocycles. The highest BCUT2D eigenvalue weighted by atomic mass is 16.1. The summed E-state index contributed by atoms with van der Waals surface area (Å²) in [5.41, 5.74) is 6.66. The number of anilines is 1. The standard InChI is InChI=1S/C32H42N6O/c1-24-31(25(2)34-23-33-24)26(3)36-19-14-32(4,15-20-36)37-17-12-28(13-18-37)38(22-27-9-7-6-8-10-27)29-11-16-35(5)30(39)21-29/h6-11,16,21,23,28H,3,12-15,17-20,22H2,1-2,4-5H3. The molecule has 1 aromatic carbocycles. The second-order valence-electron chi connectivity index (χ2n) is 11.5. The Morgan fingerprint density at radius 2 is 1.67 bits per heavy atom. The van der Waals surface area contributed by atoms with Crippen molar-refractivity contribution >= 4 is 11.4 Å². The van der Waals surface area contributed by atoms with E-state index in [1.165, 1.54) is 5.56 Å². The Kier molecular flexibility index (Phi) is 7.89. The summed E-state index contributed by atoms with van der Waals surface area (Å²) < 4.78 is 1.64. The Balaban J connectivity index is 1.24. The molecule has 39 heavy (non-hydrogen) atoms. The van der Waals surface area contributed by atoms with Crippen molar-refractivity contribution in [1.82, 2.24) is 24.3 Å². The maximum atomic E-state index is 12.5. The number of rotatable bonds is 7. The molecule has 3 aromatic rings. The van der Waals surface area contributed by atoms with Crippen molar-refractivity contribution in [2.45, 2.75) is 64.6 Å². The van der Waals surface area contributed by atoms with Gasteiger partial charge in [0, 0.05) is 80.6 Å².